The van der Waals surface area contributed by atoms with Crippen LogP contribution in [-0.4, -0.2) is 19.5 Å². The minimum atomic E-state index is -0.240. The molecule has 1 aromatic carbocycles. The van der Waals surface area contributed by atoms with E-state index in [1.807, 2.05) is 4.57 Å². The second-order valence-corrected chi connectivity index (χ2v) is 4.53. The molecule has 0 radical (unpaired) electrons. The number of hydrogen-bond donors (Lipinski definition) is 0. The Morgan fingerprint density at radius 3 is 2.78 bits per heavy atom. The zero-order chi connectivity index (χ0) is 12.5. The van der Waals surface area contributed by atoms with E-state index in [2.05, 4.69) is 30.9 Å². The minimum absolute atomic E-state index is 0.240. The second kappa shape index (κ2) is 4.45. The third-order valence-electron chi connectivity index (χ3n) is 2.62. The molecule has 2 aromatic heterocycles. The fraction of sp³-hybridized carbons (Fsp3) is 0.0833. The van der Waals surface area contributed by atoms with Gasteiger partial charge in [-0.1, -0.05) is 12.1 Å². The van der Waals surface area contributed by atoms with Crippen LogP contribution in [0.1, 0.15) is 5.56 Å². The summed E-state index contributed by atoms with van der Waals surface area (Å²) in [4.78, 5) is 12.4. The van der Waals surface area contributed by atoms with Crippen molar-refractivity contribution in [1.82, 2.24) is 19.5 Å². The molecule has 0 saturated carbocycles. The number of halogens is 2. The number of fused-ring (bicyclic) bond motifs is 1. The Morgan fingerprint density at radius 2 is 2.00 bits per heavy atom. The largest absolute Gasteiger partial charge is 0.299 e. The summed E-state index contributed by atoms with van der Waals surface area (Å²) in [7, 11) is 0. The summed E-state index contributed by atoms with van der Waals surface area (Å²) in [6.07, 6.45) is 3.14. The number of rotatable bonds is 2. The van der Waals surface area contributed by atoms with E-state index in [0.29, 0.717) is 11.3 Å². The van der Waals surface area contributed by atoms with Gasteiger partial charge >= 0.3 is 0 Å². The molecule has 0 aliphatic carbocycles. The first-order valence-corrected chi connectivity index (χ1v) is 6.09. The van der Waals surface area contributed by atoms with E-state index in [0.717, 1.165) is 16.7 Å². The highest BCUT2D eigenvalue weighted by atomic mass is 79.9. The SMILES string of the molecule is Fc1ccc(Cn2c(Br)nc3cncnc32)cc1. The average molecular weight is 307 g/mol. The molecule has 18 heavy (non-hydrogen) atoms. The van der Waals surface area contributed by atoms with Crippen molar-refractivity contribution in [1.29, 1.82) is 0 Å². The molecule has 3 rings (SSSR count). The van der Waals surface area contributed by atoms with Crippen LogP contribution in [-0.2, 0) is 6.54 Å². The molecule has 0 atom stereocenters. The molecule has 0 spiro atoms. The van der Waals surface area contributed by atoms with Gasteiger partial charge in [-0.2, -0.15) is 0 Å². The van der Waals surface area contributed by atoms with E-state index < -0.39 is 0 Å². The maximum absolute atomic E-state index is 12.8. The summed E-state index contributed by atoms with van der Waals surface area (Å²) in [5.74, 6) is -0.240. The normalized spacial score (nSPS) is 11.0. The number of benzene rings is 1. The van der Waals surface area contributed by atoms with Crippen molar-refractivity contribution in [2.24, 2.45) is 0 Å². The third kappa shape index (κ3) is 1.99. The number of nitrogens with zero attached hydrogens (tertiary/aromatic N) is 4. The van der Waals surface area contributed by atoms with E-state index in [4.69, 9.17) is 0 Å². The number of aromatic nitrogens is 4. The summed E-state index contributed by atoms with van der Waals surface area (Å²) in [5.41, 5.74) is 2.46. The van der Waals surface area contributed by atoms with Crippen LogP contribution in [0.2, 0.25) is 0 Å². The van der Waals surface area contributed by atoms with Crippen molar-refractivity contribution >= 4 is 27.1 Å². The van der Waals surface area contributed by atoms with E-state index in [1.54, 1.807) is 18.3 Å². The first kappa shape index (κ1) is 11.3. The molecule has 0 saturated heterocycles. The topological polar surface area (TPSA) is 43.6 Å². The van der Waals surface area contributed by atoms with E-state index >= 15 is 0 Å². The van der Waals surface area contributed by atoms with Crippen molar-refractivity contribution in [3.8, 4) is 0 Å². The molecule has 4 nitrogen and oxygen atoms in total. The van der Waals surface area contributed by atoms with Crippen LogP contribution in [0.15, 0.2) is 41.5 Å². The first-order valence-electron chi connectivity index (χ1n) is 5.30. The molecule has 0 N–H and O–H groups in total. The molecule has 0 unspecified atom stereocenters. The van der Waals surface area contributed by atoms with Gasteiger partial charge in [0, 0.05) is 0 Å². The van der Waals surface area contributed by atoms with Gasteiger partial charge in [0.1, 0.15) is 17.7 Å². The summed E-state index contributed by atoms with van der Waals surface area (Å²) in [6.45, 7) is 0.578. The van der Waals surface area contributed by atoms with Crippen LogP contribution in [0.3, 0.4) is 0 Å². The molecular formula is C12H8BrFN4. The Bertz CT molecular complexity index is 693. The lowest BCUT2D eigenvalue weighted by molar-refractivity contribution is 0.626. The van der Waals surface area contributed by atoms with E-state index in [-0.39, 0.29) is 5.82 Å². The van der Waals surface area contributed by atoms with Crippen LogP contribution in [0.5, 0.6) is 0 Å². The molecule has 0 amide bonds. The molecule has 90 valence electrons. The monoisotopic (exact) mass is 306 g/mol. The predicted octanol–water partition coefficient (Wildman–Crippen LogP) is 2.78. The lowest BCUT2D eigenvalue weighted by atomic mass is 10.2. The Balaban J connectivity index is 2.04. The van der Waals surface area contributed by atoms with Gasteiger partial charge in [-0.15, -0.1) is 0 Å². The molecule has 2 heterocycles. The van der Waals surface area contributed by atoms with E-state index in [1.165, 1.54) is 18.5 Å². The van der Waals surface area contributed by atoms with Crippen molar-refractivity contribution in [3.05, 3.63) is 52.9 Å². The summed E-state index contributed by atoms with van der Waals surface area (Å²) in [6, 6.07) is 6.37. The molecular weight excluding hydrogens is 299 g/mol. The highest BCUT2D eigenvalue weighted by Gasteiger charge is 2.09. The first-order chi connectivity index (χ1) is 8.74. The van der Waals surface area contributed by atoms with Gasteiger partial charge in [-0.05, 0) is 33.6 Å². The van der Waals surface area contributed by atoms with E-state index in [9.17, 15) is 4.39 Å². The molecule has 0 aliphatic heterocycles. The number of imidazole rings is 1. The van der Waals surface area contributed by atoms with Gasteiger partial charge in [0.2, 0.25) is 0 Å². The Morgan fingerprint density at radius 1 is 1.22 bits per heavy atom. The highest BCUT2D eigenvalue weighted by molar-refractivity contribution is 9.10. The molecule has 0 bridgehead atoms. The highest BCUT2D eigenvalue weighted by Crippen LogP contribution is 2.19. The predicted molar refractivity (Wildman–Crippen MR) is 68.5 cm³/mol. The molecule has 0 fully saturated rings. The summed E-state index contributed by atoms with van der Waals surface area (Å²) < 4.78 is 15.4. The summed E-state index contributed by atoms with van der Waals surface area (Å²) in [5, 5.41) is 0. The minimum Gasteiger partial charge on any atom is -0.299 e. The third-order valence-corrected chi connectivity index (χ3v) is 3.22. The summed E-state index contributed by atoms with van der Waals surface area (Å²) >= 11 is 3.39. The molecule has 0 aliphatic rings. The maximum atomic E-state index is 12.8. The Labute approximate surface area is 111 Å². The Hall–Kier alpha value is -1.82. The van der Waals surface area contributed by atoms with Gasteiger partial charge < -0.3 is 0 Å². The average Bonchev–Trinajstić information content (AvgIpc) is 2.69. The van der Waals surface area contributed by atoms with Gasteiger partial charge in [-0.3, -0.25) is 4.57 Å². The van der Waals surface area contributed by atoms with Crippen LogP contribution in [0, 0.1) is 5.82 Å². The second-order valence-electron chi connectivity index (χ2n) is 3.83. The lowest BCUT2D eigenvalue weighted by Gasteiger charge is -2.05. The van der Waals surface area contributed by atoms with Crippen molar-refractivity contribution in [2.75, 3.05) is 0 Å². The Kier molecular flexibility index (Phi) is 2.79. The van der Waals surface area contributed by atoms with Crippen LogP contribution in [0.25, 0.3) is 11.2 Å². The standard InChI is InChI=1S/C12H8BrFN4/c13-12-17-10-5-15-7-16-11(10)18(12)6-8-1-3-9(14)4-2-8/h1-5,7H,6H2. The molecule has 3 aromatic rings. The fourth-order valence-electron chi connectivity index (χ4n) is 1.76. The zero-order valence-corrected chi connectivity index (χ0v) is 10.8. The van der Waals surface area contributed by atoms with Gasteiger partial charge in [0.15, 0.2) is 10.4 Å². The van der Waals surface area contributed by atoms with Gasteiger partial charge in [-0.25, -0.2) is 19.3 Å². The van der Waals surface area contributed by atoms with Gasteiger partial charge in [0.05, 0.1) is 12.7 Å². The smallest absolute Gasteiger partial charge is 0.179 e. The fourth-order valence-corrected chi connectivity index (χ4v) is 2.25. The lowest BCUT2D eigenvalue weighted by Crippen LogP contribution is -2.01. The quantitative estimate of drug-likeness (QED) is 0.684. The van der Waals surface area contributed by atoms with Crippen molar-refractivity contribution in [3.63, 3.8) is 0 Å². The van der Waals surface area contributed by atoms with Gasteiger partial charge in [0.25, 0.3) is 0 Å². The van der Waals surface area contributed by atoms with Crippen LogP contribution in [0.4, 0.5) is 4.39 Å². The van der Waals surface area contributed by atoms with Crippen molar-refractivity contribution < 1.29 is 4.39 Å². The maximum Gasteiger partial charge on any atom is 0.179 e. The van der Waals surface area contributed by atoms with Crippen LogP contribution < -0.4 is 0 Å². The number of hydrogen-bond acceptors (Lipinski definition) is 3. The van der Waals surface area contributed by atoms with Crippen LogP contribution >= 0.6 is 15.9 Å². The van der Waals surface area contributed by atoms with Crippen molar-refractivity contribution in [2.45, 2.75) is 6.54 Å². The zero-order valence-electron chi connectivity index (χ0n) is 9.22. The molecule has 6 heteroatoms.